The van der Waals surface area contributed by atoms with Gasteiger partial charge in [0.2, 0.25) is 0 Å². The molecule has 1 atom stereocenters. The number of carbonyl (C=O) groups is 1. The van der Waals surface area contributed by atoms with E-state index in [0.717, 1.165) is 17.7 Å². The second kappa shape index (κ2) is 7.81. The molecule has 0 saturated carbocycles. The first-order chi connectivity index (χ1) is 11.2. The smallest absolute Gasteiger partial charge is 0.275 e. The number of carbonyl (C=O) groups excluding carboxylic acids is 1. The summed E-state index contributed by atoms with van der Waals surface area (Å²) in [5.41, 5.74) is 0.735. The zero-order valence-corrected chi connectivity index (χ0v) is 15.9. The van der Waals surface area contributed by atoms with Crippen molar-refractivity contribution in [3.05, 3.63) is 59.9 Å². The lowest BCUT2D eigenvalue weighted by Crippen LogP contribution is -2.44. The number of hydrogen-bond donors (Lipinski definition) is 0. The number of hydrogen-bond acceptors (Lipinski definition) is 2. The molecule has 0 saturated heterocycles. The van der Waals surface area contributed by atoms with Gasteiger partial charge in [0.15, 0.2) is 0 Å². The molecule has 1 unspecified atom stereocenters. The third-order valence-electron chi connectivity index (χ3n) is 3.95. The van der Waals surface area contributed by atoms with Gasteiger partial charge >= 0.3 is 0 Å². The number of methoxy groups -OCH3 is 1. The van der Waals surface area contributed by atoms with Crippen molar-refractivity contribution >= 4 is 40.7 Å². The van der Waals surface area contributed by atoms with Crippen LogP contribution in [0.1, 0.15) is 18.9 Å². The highest BCUT2D eigenvalue weighted by Crippen LogP contribution is 2.34. The van der Waals surface area contributed by atoms with Crippen LogP contribution >= 0.6 is 34.8 Å². The monoisotopic (exact) mass is 387 g/mol. The van der Waals surface area contributed by atoms with E-state index < -0.39 is 9.70 Å². The average Bonchev–Trinajstić information content (AvgIpc) is 2.54. The summed E-state index contributed by atoms with van der Waals surface area (Å²) in [6, 6.07) is 9.65. The predicted molar refractivity (Wildman–Crippen MR) is 99.1 cm³/mol. The van der Waals surface area contributed by atoms with Gasteiger partial charge in [0.05, 0.1) is 7.11 Å². The molecule has 3 nitrogen and oxygen atoms in total. The quantitative estimate of drug-likeness (QED) is 0.673. The van der Waals surface area contributed by atoms with E-state index in [2.05, 4.69) is 6.92 Å². The van der Waals surface area contributed by atoms with Crippen LogP contribution in [0.4, 0.5) is 0 Å². The lowest BCUT2D eigenvalue weighted by molar-refractivity contribution is -0.132. The number of benzene rings is 1. The summed E-state index contributed by atoms with van der Waals surface area (Å²) >= 11 is 17.5. The fraction of sp³-hybridized carbons (Fsp3) is 0.389. The van der Waals surface area contributed by atoms with Gasteiger partial charge in [0.25, 0.3) is 9.70 Å². The SMILES string of the molecule is COC1=CCC(C)(CN(Cc2ccccc2)C(=O)C(Cl)(Cl)Cl)C=C1. The molecule has 1 aliphatic rings. The first-order valence-corrected chi connectivity index (χ1v) is 8.70. The minimum Gasteiger partial charge on any atom is -0.497 e. The van der Waals surface area contributed by atoms with E-state index in [9.17, 15) is 4.79 Å². The van der Waals surface area contributed by atoms with Crippen molar-refractivity contribution < 1.29 is 9.53 Å². The van der Waals surface area contributed by atoms with Gasteiger partial charge in [-0.05, 0) is 24.1 Å². The number of rotatable bonds is 5. The number of nitrogens with zero attached hydrogens (tertiary/aromatic N) is 1. The topological polar surface area (TPSA) is 29.5 Å². The van der Waals surface area contributed by atoms with E-state index in [4.69, 9.17) is 39.5 Å². The molecule has 1 aliphatic carbocycles. The molecule has 2 rings (SSSR count). The lowest BCUT2D eigenvalue weighted by atomic mass is 9.82. The molecular weight excluding hydrogens is 369 g/mol. The summed E-state index contributed by atoms with van der Waals surface area (Å²) in [4.78, 5) is 14.2. The normalized spacial score (nSPS) is 20.5. The van der Waals surface area contributed by atoms with Crippen LogP contribution in [0.3, 0.4) is 0 Å². The highest BCUT2D eigenvalue weighted by molar-refractivity contribution is 6.76. The molecule has 1 amide bonds. The van der Waals surface area contributed by atoms with Crippen LogP contribution in [0.25, 0.3) is 0 Å². The first kappa shape index (κ1) is 19.2. The van der Waals surface area contributed by atoms with Gasteiger partial charge in [-0.3, -0.25) is 4.79 Å². The van der Waals surface area contributed by atoms with Crippen molar-refractivity contribution in [2.45, 2.75) is 23.7 Å². The summed E-state index contributed by atoms with van der Waals surface area (Å²) < 4.78 is 3.24. The Balaban J connectivity index is 2.19. The van der Waals surface area contributed by atoms with E-state index in [1.807, 2.05) is 48.6 Å². The number of allylic oxidation sites excluding steroid dienone is 2. The Labute approximate surface area is 157 Å². The minimum absolute atomic E-state index is 0.248. The van der Waals surface area contributed by atoms with Crippen LogP contribution in [-0.2, 0) is 16.1 Å². The Kier molecular flexibility index (Phi) is 6.24. The Morgan fingerprint density at radius 3 is 2.46 bits per heavy atom. The summed E-state index contributed by atoms with van der Waals surface area (Å²) in [6.45, 7) is 2.90. The zero-order chi connectivity index (χ0) is 17.8. The summed E-state index contributed by atoms with van der Waals surface area (Å²) in [6.07, 6.45) is 6.69. The molecular formula is C18H20Cl3NO2. The Morgan fingerprint density at radius 1 is 1.29 bits per heavy atom. The first-order valence-electron chi connectivity index (χ1n) is 7.57. The van der Waals surface area contributed by atoms with Crippen LogP contribution in [0.5, 0.6) is 0 Å². The van der Waals surface area contributed by atoms with Gasteiger partial charge in [0.1, 0.15) is 5.76 Å². The van der Waals surface area contributed by atoms with Crippen molar-refractivity contribution in [2.24, 2.45) is 5.41 Å². The fourth-order valence-corrected chi connectivity index (χ4v) is 3.00. The van der Waals surface area contributed by atoms with Crippen LogP contribution in [-0.4, -0.2) is 28.3 Å². The summed E-state index contributed by atoms with van der Waals surface area (Å²) in [7, 11) is 1.63. The molecule has 130 valence electrons. The lowest BCUT2D eigenvalue weighted by Gasteiger charge is -2.35. The minimum atomic E-state index is -1.98. The van der Waals surface area contributed by atoms with Crippen molar-refractivity contribution in [3.63, 3.8) is 0 Å². The largest absolute Gasteiger partial charge is 0.497 e. The third kappa shape index (κ3) is 5.17. The maximum absolute atomic E-state index is 12.6. The molecule has 0 aromatic heterocycles. The van der Waals surface area contributed by atoms with Gasteiger partial charge in [-0.25, -0.2) is 0 Å². The molecule has 0 spiro atoms. The van der Waals surface area contributed by atoms with Gasteiger partial charge in [-0.15, -0.1) is 0 Å². The maximum atomic E-state index is 12.6. The highest BCUT2D eigenvalue weighted by Gasteiger charge is 2.38. The Morgan fingerprint density at radius 2 is 1.96 bits per heavy atom. The zero-order valence-electron chi connectivity index (χ0n) is 13.6. The number of alkyl halides is 3. The van der Waals surface area contributed by atoms with Crippen molar-refractivity contribution in [3.8, 4) is 0 Å². The van der Waals surface area contributed by atoms with Gasteiger partial charge < -0.3 is 9.64 Å². The van der Waals surface area contributed by atoms with E-state index in [1.54, 1.807) is 12.0 Å². The standard InChI is InChI=1S/C18H20Cl3NO2/c1-17(10-8-15(24-2)9-11-17)13-22(16(23)18(19,20)21)12-14-6-4-3-5-7-14/h3-10H,11-13H2,1-2H3. The van der Waals surface area contributed by atoms with Crippen molar-refractivity contribution in [1.29, 1.82) is 0 Å². The van der Waals surface area contributed by atoms with Crippen LogP contribution in [0.15, 0.2) is 54.3 Å². The predicted octanol–water partition coefficient (Wildman–Crippen LogP) is 4.88. The Hall–Kier alpha value is -1.16. The Bertz CT molecular complexity index is 637. The van der Waals surface area contributed by atoms with Crippen LogP contribution < -0.4 is 0 Å². The molecule has 1 aromatic carbocycles. The van der Waals surface area contributed by atoms with Crippen molar-refractivity contribution in [1.82, 2.24) is 4.90 Å². The van der Waals surface area contributed by atoms with Crippen LogP contribution in [0, 0.1) is 5.41 Å². The second-order valence-electron chi connectivity index (χ2n) is 6.15. The molecule has 0 fully saturated rings. The fourth-order valence-electron chi connectivity index (χ4n) is 2.64. The molecule has 0 N–H and O–H groups in total. The number of halogens is 3. The van der Waals surface area contributed by atoms with Gasteiger partial charge in [-0.2, -0.15) is 0 Å². The number of amides is 1. The average molecular weight is 389 g/mol. The summed E-state index contributed by atoms with van der Waals surface area (Å²) in [5.74, 6) is 0.294. The van der Waals surface area contributed by atoms with Crippen LogP contribution in [0.2, 0.25) is 0 Å². The third-order valence-corrected chi connectivity index (χ3v) is 4.44. The second-order valence-corrected chi connectivity index (χ2v) is 8.43. The molecule has 1 aromatic rings. The van der Waals surface area contributed by atoms with Gasteiger partial charge in [-0.1, -0.05) is 78.1 Å². The van der Waals surface area contributed by atoms with Gasteiger partial charge in [0, 0.05) is 18.5 Å². The highest BCUT2D eigenvalue weighted by atomic mass is 35.6. The van der Waals surface area contributed by atoms with E-state index in [1.165, 1.54) is 0 Å². The molecule has 0 bridgehead atoms. The number of ether oxygens (including phenoxy) is 1. The molecule has 0 radical (unpaired) electrons. The van der Waals surface area contributed by atoms with Crippen molar-refractivity contribution in [2.75, 3.05) is 13.7 Å². The van der Waals surface area contributed by atoms with E-state index in [0.29, 0.717) is 13.1 Å². The maximum Gasteiger partial charge on any atom is 0.275 e. The molecule has 6 heteroatoms. The molecule has 0 aliphatic heterocycles. The summed E-state index contributed by atoms with van der Waals surface area (Å²) in [5, 5.41) is 0. The molecule has 0 heterocycles. The van der Waals surface area contributed by atoms with E-state index >= 15 is 0 Å². The van der Waals surface area contributed by atoms with E-state index in [-0.39, 0.29) is 5.41 Å². The molecule has 24 heavy (non-hydrogen) atoms.